The summed E-state index contributed by atoms with van der Waals surface area (Å²) in [6.45, 7) is 0. The minimum atomic E-state index is -0.371. The predicted molar refractivity (Wildman–Crippen MR) is 64.0 cm³/mol. The molecule has 0 unspecified atom stereocenters. The molecule has 0 aliphatic heterocycles. The number of benzene rings is 2. The molecule has 2 aromatic rings. The van der Waals surface area contributed by atoms with E-state index in [-0.39, 0.29) is 11.6 Å². The summed E-state index contributed by atoms with van der Waals surface area (Å²) in [6, 6.07) is 13.2. The van der Waals surface area contributed by atoms with Gasteiger partial charge in [-0.2, -0.15) is 0 Å². The molecular weight excluding hydrogens is 271 g/mol. The van der Waals surface area contributed by atoms with Crippen molar-refractivity contribution in [2.75, 3.05) is 0 Å². The fourth-order valence-corrected chi connectivity index (χ4v) is 1.77. The summed E-state index contributed by atoms with van der Waals surface area (Å²) < 4.78 is 13.3. The number of carbonyl (C=O) groups is 1. The van der Waals surface area contributed by atoms with Crippen molar-refractivity contribution in [2.45, 2.75) is 0 Å². The van der Waals surface area contributed by atoms with Crippen molar-refractivity contribution in [3.63, 3.8) is 0 Å². The quantitative estimate of drug-likeness (QED) is 0.764. The number of hydrogen-bond donors (Lipinski definition) is 0. The zero-order valence-corrected chi connectivity index (χ0v) is 9.87. The summed E-state index contributed by atoms with van der Waals surface area (Å²) in [7, 11) is 0. The lowest BCUT2D eigenvalue weighted by Gasteiger charge is -2.02. The Hall–Kier alpha value is -1.48. The van der Waals surface area contributed by atoms with E-state index in [2.05, 4.69) is 15.9 Å². The Morgan fingerprint density at radius 2 is 1.69 bits per heavy atom. The van der Waals surface area contributed by atoms with Crippen LogP contribution < -0.4 is 0 Å². The van der Waals surface area contributed by atoms with Crippen molar-refractivity contribution in [1.82, 2.24) is 0 Å². The lowest BCUT2D eigenvalue weighted by Crippen LogP contribution is -2.01. The summed E-state index contributed by atoms with van der Waals surface area (Å²) in [4.78, 5) is 12.0. The smallest absolute Gasteiger partial charge is 0.193 e. The molecule has 0 aliphatic carbocycles. The Labute approximate surface area is 101 Å². The first-order chi connectivity index (χ1) is 7.68. The van der Waals surface area contributed by atoms with Crippen molar-refractivity contribution in [2.24, 2.45) is 0 Å². The maximum absolute atomic E-state index is 13.0. The largest absolute Gasteiger partial charge is 0.289 e. The molecule has 0 amide bonds. The Balaban J connectivity index is 2.39. The van der Waals surface area contributed by atoms with Gasteiger partial charge in [-0.15, -0.1) is 0 Å². The van der Waals surface area contributed by atoms with E-state index in [1.807, 2.05) is 6.07 Å². The van der Waals surface area contributed by atoms with Crippen molar-refractivity contribution in [1.29, 1.82) is 0 Å². The van der Waals surface area contributed by atoms with Crippen LogP contribution in [0.3, 0.4) is 0 Å². The lowest BCUT2D eigenvalue weighted by atomic mass is 10.0. The van der Waals surface area contributed by atoms with Crippen LogP contribution in [-0.4, -0.2) is 5.78 Å². The molecule has 0 heterocycles. The van der Waals surface area contributed by atoms with Crippen LogP contribution in [0.2, 0.25) is 0 Å². The van der Waals surface area contributed by atoms with E-state index in [1.165, 1.54) is 18.2 Å². The maximum Gasteiger partial charge on any atom is 0.193 e. The third kappa shape index (κ3) is 2.19. The molecule has 2 rings (SSSR count). The molecule has 0 fully saturated rings. The van der Waals surface area contributed by atoms with E-state index in [9.17, 15) is 9.18 Å². The molecule has 80 valence electrons. The van der Waals surface area contributed by atoms with Gasteiger partial charge in [-0.25, -0.2) is 4.39 Å². The van der Waals surface area contributed by atoms with Crippen molar-refractivity contribution in [3.05, 3.63) is 69.9 Å². The normalized spacial score (nSPS) is 10.1. The van der Waals surface area contributed by atoms with Crippen molar-refractivity contribution >= 4 is 21.7 Å². The second-order valence-corrected chi connectivity index (χ2v) is 4.18. The van der Waals surface area contributed by atoms with E-state index < -0.39 is 0 Å². The van der Waals surface area contributed by atoms with E-state index in [0.717, 1.165) is 0 Å². The van der Waals surface area contributed by atoms with E-state index in [4.69, 9.17) is 0 Å². The Morgan fingerprint density at radius 1 is 1.00 bits per heavy atom. The lowest BCUT2D eigenvalue weighted by molar-refractivity contribution is 0.103. The highest BCUT2D eigenvalue weighted by Gasteiger charge is 2.10. The van der Waals surface area contributed by atoms with E-state index >= 15 is 0 Å². The standard InChI is InChI=1S/C13H8BrFO/c14-11-8-10(6-7-12(11)15)13(16)9-4-2-1-3-5-9/h1-8H. The van der Waals surface area contributed by atoms with Crippen molar-refractivity contribution in [3.8, 4) is 0 Å². The van der Waals surface area contributed by atoms with Crippen LogP contribution in [0.1, 0.15) is 15.9 Å². The first-order valence-electron chi connectivity index (χ1n) is 4.73. The molecule has 0 saturated carbocycles. The van der Waals surface area contributed by atoms with Gasteiger partial charge in [-0.05, 0) is 34.1 Å². The molecule has 1 nitrogen and oxygen atoms in total. The van der Waals surface area contributed by atoms with E-state index in [1.54, 1.807) is 24.3 Å². The third-order valence-electron chi connectivity index (χ3n) is 2.22. The van der Waals surface area contributed by atoms with Gasteiger partial charge in [0, 0.05) is 11.1 Å². The number of rotatable bonds is 2. The fourth-order valence-electron chi connectivity index (χ4n) is 1.39. The van der Waals surface area contributed by atoms with Gasteiger partial charge in [0.25, 0.3) is 0 Å². The van der Waals surface area contributed by atoms with Gasteiger partial charge in [0.2, 0.25) is 0 Å². The molecule has 0 atom stereocenters. The van der Waals surface area contributed by atoms with Gasteiger partial charge in [0.05, 0.1) is 4.47 Å². The molecule has 0 N–H and O–H groups in total. The molecule has 0 aliphatic rings. The van der Waals surface area contributed by atoms with Crippen LogP contribution in [0.4, 0.5) is 4.39 Å². The van der Waals surface area contributed by atoms with Crippen LogP contribution in [0, 0.1) is 5.82 Å². The van der Waals surface area contributed by atoms with Gasteiger partial charge in [0.1, 0.15) is 5.82 Å². The molecule has 3 heteroatoms. The molecule has 0 aromatic heterocycles. The molecular formula is C13H8BrFO. The molecule has 0 saturated heterocycles. The second-order valence-electron chi connectivity index (χ2n) is 3.32. The number of halogens is 2. The Morgan fingerprint density at radius 3 is 2.31 bits per heavy atom. The summed E-state index contributed by atoms with van der Waals surface area (Å²) in [6.07, 6.45) is 0. The summed E-state index contributed by atoms with van der Waals surface area (Å²) in [5.74, 6) is -0.481. The van der Waals surface area contributed by atoms with Crippen LogP contribution in [0.25, 0.3) is 0 Å². The third-order valence-corrected chi connectivity index (χ3v) is 2.83. The van der Waals surface area contributed by atoms with Crippen molar-refractivity contribution < 1.29 is 9.18 Å². The maximum atomic E-state index is 13.0. The topological polar surface area (TPSA) is 17.1 Å². The minimum Gasteiger partial charge on any atom is -0.289 e. The van der Waals surface area contributed by atoms with Gasteiger partial charge in [-0.3, -0.25) is 4.79 Å². The summed E-state index contributed by atoms with van der Waals surface area (Å²) in [5.41, 5.74) is 1.07. The fraction of sp³-hybridized carbons (Fsp3) is 0. The predicted octanol–water partition coefficient (Wildman–Crippen LogP) is 3.82. The Bertz CT molecular complexity index is 523. The average Bonchev–Trinajstić information content (AvgIpc) is 2.33. The van der Waals surface area contributed by atoms with E-state index in [0.29, 0.717) is 15.6 Å². The average molecular weight is 279 g/mol. The zero-order valence-electron chi connectivity index (χ0n) is 8.28. The summed E-state index contributed by atoms with van der Waals surface area (Å²) in [5, 5.41) is 0. The van der Waals surface area contributed by atoms with Crippen LogP contribution in [-0.2, 0) is 0 Å². The monoisotopic (exact) mass is 278 g/mol. The molecule has 0 bridgehead atoms. The van der Waals surface area contributed by atoms with Gasteiger partial charge in [0.15, 0.2) is 5.78 Å². The number of carbonyl (C=O) groups excluding carboxylic acids is 1. The highest BCUT2D eigenvalue weighted by molar-refractivity contribution is 9.10. The van der Waals surface area contributed by atoms with Crippen LogP contribution in [0.5, 0.6) is 0 Å². The van der Waals surface area contributed by atoms with Gasteiger partial charge < -0.3 is 0 Å². The molecule has 16 heavy (non-hydrogen) atoms. The molecule has 0 spiro atoms. The summed E-state index contributed by atoms with van der Waals surface area (Å²) >= 11 is 3.06. The van der Waals surface area contributed by atoms with Gasteiger partial charge >= 0.3 is 0 Å². The van der Waals surface area contributed by atoms with Gasteiger partial charge in [-0.1, -0.05) is 30.3 Å². The highest BCUT2D eigenvalue weighted by Crippen LogP contribution is 2.19. The Kier molecular flexibility index (Phi) is 3.15. The number of ketones is 1. The zero-order chi connectivity index (χ0) is 11.5. The minimum absolute atomic E-state index is 0.110. The highest BCUT2D eigenvalue weighted by atomic mass is 79.9. The first-order valence-corrected chi connectivity index (χ1v) is 5.52. The SMILES string of the molecule is O=C(c1ccccc1)c1ccc(F)c(Br)c1. The molecule has 2 aromatic carbocycles. The van der Waals surface area contributed by atoms with Crippen LogP contribution in [0.15, 0.2) is 53.0 Å². The second kappa shape index (κ2) is 4.58. The molecule has 0 radical (unpaired) electrons. The first kappa shape index (κ1) is 11.0. The van der Waals surface area contributed by atoms with Crippen LogP contribution >= 0.6 is 15.9 Å². The number of hydrogen-bond acceptors (Lipinski definition) is 1.